The Morgan fingerprint density at radius 1 is 1.70 bits per heavy atom. The van der Waals surface area contributed by atoms with E-state index < -0.39 is 0 Å². The molecule has 2 unspecified atom stereocenters. The highest BCUT2D eigenvalue weighted by atomic mass is 15.3. The van der Waals surface area contributed by atoms with Crippen LogP contribution in [0.4, 0.5) is 0 Å². The Labute approximate surface area is 60.6 Å². The summed E-state index contributed by atoms with van der Waals surface area (Å²) in [7, 11) is 0. The largest absolute Gasteiger partial charge is 0.311 e. The fourth-order valence-electron chi connectivity index (χ4n) is 1.93. The number of fused-ring (bicyclic) bond motifs is 2. The zero-order valence-corrected chi connectivity index (χ0v) is 5.88. The molecular formula is C7H11N3. The van der Waals surface area contributed by atoms with Crippen LogP contribution in [0, 0.1) is 11.3 Å². The molecule has 3 nitrogen and oxygen atoms in total. The van der Waals surface area contributed by atoms with Crippen molar-refractivity contribution >= 4 is 0 Å². The number of nitriles is 1. The molecule has 2 aliphatic heterocycles. The van der Waals surface area contributed by atoms with Crippen LogP contribution in [0.5, 0.6) is 0 Å². The van der Waals surface area contributed by atoms with E-state index in [-0.39, 0.29) is 0 Å². The Bertz CT molecular complexity index is 172. The van der Waals surface area contributed by atoms with Crippen molar-refractivity contribution in [1.82, 2.24) is 10.2 Å². The second kappa shape index (κ2) is 2.22. The summed E-state index contributed by atoms with van der Waals surface area (Å²) in [5, 5.41) is 11.8. The van der Waals surface area contributed by atoms with E-state index in [2.05, 4.69) is 16.3 Å². The van der Waals surface area contributed by atoms with Crippen molar-refractivity contribution in [2.75, 3.05) is 19.6 Å². The average molecular weight is 137 g/mol. The normalized spacial score (nSPS) is 38.3. The topological polar surface area (TPSA) is 39.1 Å². The van der Waals surface area contributed by atoms with Crippen LogP contribution in [0.3, 0.4) is 0 Å². The predicted molar refractivity (Wildman–Crippen MR) is 37.4 cm³/mol. The fourth-order valence-corrected chi connectivity index (χ4v) is 1.93. The summed E-state index contributed by atoms with van der Waals surface area (Å²) in [6.07, 6.45) is 1.25. The first-order chi connectivity index (χ1) is 4.90. The number of hydrogen-bond donors (Lipinski definition) is 1. The van der Waals surface area contributed by atoms with Gasteiger partial charge >= 0.3 is 0 Å². The van der Waals surface area contributed by atoms with E-state index in [4.69, 9.17) is 5.26 Å². The van der Waals surface area contributed by atoms with Crippen LogP contribution in [0.1, 0.15) is 6.42 Å². The summed E-state index contributed by atoms with van der Waals surface area (Å²) in [4.78, 5) is 2.27. The minimum Gasteiger partial charge on any atom is -0.311 e. The van der Waals surface area contributed by atoms with Gasteiger partial charge in [0.15, 0.2) is 0 Å². The molecule has 2 rings (SSSR count). The molecule has 0 aromatic carbocycles. The third-order valence-corrected chi connectivity index (χ3v) is 2.44. The Morgan fingerprint density at radius 2 is 2.60 bits per heavy atom. The van der Waals surface area contributed by atoms with Gasteiger partial charge in [0.2, 0.25) is 0 Å². The molecule has 10 heavy (non-hydrogen) atoms. The minimum atomic E-state index is 0.614. The van der Waals surface area contributed by atoms with Crippen molar-refractivity contribution in [3.63, 3.8) is 0 Å². The lowest BCUT2D eigenvalue weighted by Gasteiger charge is -2.23. The number of rotatable bonds is 1. The van der Waals surface area contributed by atoms with Crippen molar-refractivity contribution < 1.29 is 0 Å². The molecule has 2 aliphatic rings. The molecule has 2 heterocycles. The molecule has 0 aromatic heterocycles. The minimum absolute atomic E-state index is 0.614. The van der Waals surface area contributed by atoms with Gasteiger partial charge in [0, 0.05) is 25.2 Å². The lowest BCUT2D eigenvalue weighted by molar-refractivity contribution is 0.252. The molecule has 0 amide bonds. The lowest BCUT2D eigenvalue weighted by Crippen LogP contribution is -2.43. The van der Waals surface area contributed by atoms with E-state index >= 15 is 0 Å². The molecule has 3 heteroatoms. The van der Waals surface area contributed by atoms with Crippen molar-refractivity contribution in [3.05, 3.63) is 0 Å². The molecule has 0 aromatic rings. The van der Waals surface area contributed by atoms with E-state index in [1.807, 2.05) is 0 Å². The average Bonchev–Trinajstić information content (AvgIpc) is 2.48. The third-order valence-electron chi connectivity index (χ3n) is 2.44. The summed E-state index contributed by atoms with van der Waals surface area (Å²) in [6.45, 7) is 2.79. The summed E-state index contributed by atoms with van der Waals surface area (Å²) in [5.41, 5.74) is 0. The van der Waals surface area contributed by atoms with Crippen LogP contribution in [-0.4, -0.2) is 36.6 Å². The lowest BCUT2D eigenvalue weighted by atomic mass is 10.2. The van der Waals surface area contributed by atoms with Gasteiger partial charge in [-0.25, -0.2) is 0 Å². The molecule has 2 bridgehead atoms. The zero-order valence-electron chi connectivity index (χ0n) is 5.88. The van der Waals surface area contributed by atoms with Crippen molar-refractivity contribution in [2.24, 2.45) is 0 Å². The van der Waals surface area contributed by atoms with Gasteiger partial charge in [0.25, 0.3) is 0 Å². The van der Waals surface area contributed by atoms with Crippen LogP contribution >= 0.6 is 0 Å². The molecule has 0 aliphatic carbocycles. The van der Waals surface area contributed by atoms with Gasteiger partial charge in [-0.1, -0.05) is 0 Å². The first kappa shape index (κ1) is 6.14. The first-order valence-electron chi connectivity index (χ1n) is 3.74. The van der Waals surface area contributed by atoms with E-state index in [0.29, 0.717) is 18.6 Å². The van der Waals surface area contributed by atoms with Gasteiger partial charge in [0.1, 0.15) is 0 Å². The molecule has 2 atom stereocenters. The van der Waals surface area contributed by atoms with Crippen LogP contribution < -0.4 is 5.32 Å². The van der Waals surface area contributed by atoms with Crippen LogP contribution in [0.2, 0.25) is 0 Å². The number of likely N-dealkylation sites (tertiary alicyclic amines) is 1. The molecule has 0 spiro atoms. The Balaban J connectivity index is 1.97. The highest BCUT2D eigenvalue weighted by molar-refractivity contribution is 4.99. The first-order valence-corrected chi connectivity index (χ1v) is 3.74. The van der Waals surface area contributed by atoms with Crippen molar-refractivity contribution in [3.8, 4) is 6.07 Å². The fraction of sp³-hybridized carbons (Fsp3) is 0.857. The predicted octanol–water partition coefficient (Wildman–Crippen LogP) is -0.444. The van der Waals surface area contributed by atoms with Gasteiger partial charge in [0.05, 0.1) is 12.6 Å². The highest BCUT2D eigenvalue weighted by Crippen LogP contribution is 2.21. The Morgan fingerprint density at radius 3 is 3.10 bits per heavy atom. The van der Waals surface area contributed by atoms with Crippen molar-refractivity contribution in [1.29, 1.82) is 5.26 Å². The van der Waals surface area contributed by atoms with Gasteiger partial charge < -0.3 is 5.32 Å². The number of nitrogens with zero attached hydrogens (tertiary/aromatic N) is 2. The van der Waals surface area contributed by atoms with E-state index in [0.717, 1.165) is 13.1 Å². The maximum Gasteiger partial charge on any atom is 0.0869 e. The summed E-state index contributed by atoms with van der Waals surface area (Å²) >= 11 is 0. The van der Waals surface area contributed by atoms with Crippen molar-refractivity contribution in [2.45, 2.75) is 18.5 Å². The van der Waals surface area contributed by atoms with E-state index in [9.17, 15) is 0 Å². The molecule has 1 N–H and O–H groups in total. The van der Waals surface area contributed by atoms with Crippen LogP contribution in [-0.2, 0) is 0 Å². The number of nitrogens with one attached hydrogen (secondary N) is 1. The Hall–Kier alpha value is -0.590. The molecule has 2 fully saturated rings. The molecule has 0 radical (unpaired) electrons. The number of hydrogen-bond acceptors (Lipinski definition) is 3. The molecule has 54 valence electrons. The SMILES string of the molecule is N#CCN1CC2CC1CN2. The summed E-state index contributed by atoms with van der Waals surface area (Å²) in [5.74, 6) is 0. The van der Waals surface area contributed by atoms with Gasteiger partial charge in [-0.2, -0.15) is 5.26 Å². The van der Waals surface area contributed by atoms with Gasteiger partial charge in [-0.3, -0.25) is 4.90 Å². The number of piperazine rings is 1. The van der Waals surface area contributed by atoms with E-state index in [1.54, 1.807) is 0 Å². The summed E-state index contributed by atoms with van der Waals surface area (Å²) < 4.78 is 0. The maximum absolute atomic E-state index is 8.44. The smallest absolute Gasteiger partial charge is 0.0869 e. The second-order valence-corrected chi connectivity index (χ2v) is 3.08. The third kappa shape index (κ3) is 0.808. The zero-order chi connectivity index (χ0) is 6.97. The molecule has 2 saturated heterocycles. The van der Waals surface area contributed by atoms with Gasteiger partial charge in [-0.05, 0) is 6.42 Å². The second-order valence-electron chi connectivity index (χ2n) is 3.08. The van der Waals surface area contributed by atoms with E-state index in [1.165, 1.54) is 6.42 Å². The monoisotopic (exact) mass is 137 g/mol. The quantitative estimate of drug-likeness (QED) is 0.498. The van der Waals surface area contributed by atoms with Gasteiger partial charge in [-0.15, -0.1) is 0 Å². The summed E-state index contributed by atoms with van der Waals surface area (Å²) in [6, 6.07) is 3.53. The van der Waals surface area contributed by atoms with Crippen LogP contribution in [0.15, 0.2) is 0 Å². The Kier molecular flexibility index (Phi) is 1.37. The standard InChI is InChI=1S/C7H11N3/c8-1-2-10-5-6-3-7(10)4-9-6/h6-7,9H,2-5H2. The highest BCUT2D eigenvalue weighted by Gasteiger charge is 2.36. The molecule has 0 saturated carbocycles. The molecular weight excluding hydrogens is 126 g/mol. The van der Waals surface area contributed by atoms with Crippen LogP contribution in [0.25, 0.3) is 0 Å². The maximum atomic E-state index is 8.44.